The summed E-state index contributed by atoms with van der Waals surface area (Å²) in [6.45, 7) is 1.92. The number of amides is 1. The molecule has 0 atom stereocenters. The van der Waals surface area contributed by atoms with Gasteiger partial charge in [-0.05, 0) is 35.9 Å². The van der Waals surface area contributed by atoms with Crippen LogP contribution in [0.3, 0.4) is 0 Å². The molecular weight excluding hydrogens is 323 g/mol. The Morgan fingerprint density at radius 2 is 1.90 bits per heavy atom. The predicted octanol–water partition coefficient (Wildman–Crippen LogP) is 4.16. The van der Waals surface area contributed by atoms with Gasteiger partial charge in [0.1, 0.15) is 5.82 Å². The molecule has 0 spiro atoms. The first-order valence-electron chi connectivity index (χ1n) is 6.10. The Hall–Kier alpha value is -1.88. The summed E-state index contributed by atoms with van der Waals surface area (Å²) in [5.41, 5.74) is 1.97. The zero-order chi connectivity index (χ0) is 14.5. The molecule has 20 heavy (non-hydrogen) atoms. The fourth-order valence-corrected chi connectivity index (χ4v) is 2.01. The molecule has 2 rings (SSSR count). The van der Waals surface area contributed by atoms with Gasteiger partial charge in [0.25, 0.3) is 0 Å². The number of carbonyl (C=O) groups is 1. The number of halogens is 2. The Labute approximate surface area is 125 Å². The Balaban J connectivity index is 2.08. The van der Waals surface area contributed by atoms with Gasteiger partial charge in [-0.2, -0.15) is 0 Å². The van der Waals surface area contributed by atoms with E-state index in [2.05, 4.69) is 26.6 Å². The number of benzene rings is 2. The third-order valence-corrected chi connectivity index (χ3v) is 3.21. The van der Waals surface area contributed by atoms with Gasteiger partial charge in [-0.15, -0.1) is 0 Å². The van der Waals surface area contributed by atoms with Gasteiger partial charge < -0.3 is 10.6 Å². The molecule has 0 saturated heterocycles. The second-order valence-corrected chi connectivity index (χ2v) is 5.27. The van der Waals surface area contributed by atoms with Crippen molar-refractivity contribution in [1.29, 1.82) is 0 Å². The Morgan fingerprint density at radius 3 is 2.55 bits per heavy atom. The van der Waals surface area contributed by atoms with E-state index in [9.17, 15) is 9.18 Å². The summed E-state index contributed by atoms with van der Waals surface area (Å²) in [7, 11) is 0. The minimum Gasteiger partial charge on any atom is -0.379 e. The van der Waals surface area contributed by atoms with Crippen LogP contribution in [0.15, 0.2) is 46.9 Å². The van der Waals surface area contributed by atoms with E-state index in [1.807, 2.05) is 24.3 Å². The molecule has 104 valence electrons. The summed E-state index contributed by atoms with van der Waals surface area (Å²) in [6, 6.07) is 12.2. The number of carbonyl (C=O) groups excluding carboxylic acids is 1. The van der Waals surface area contributed by atoms with Gasteiger partial charge in [-0.3, -0.25) is 4.79 Å². The minimum absolute atomic E-state index is 0.185. The normalized spacial score (nSPS) is 10.2. The fraction of sp³-hybridized carbons (Fsp3) is 0.133. The van der Waals surface area contributed by atoms with Crippen molar-refractivity contribution >= 4 is 33.2 Å². The SMILES string of the molecule is CC(=O)Nc1ccc(F)c(NCc2ccc(Br)cc2)c1. The lowest BCUT2D eigenvalue weighted by molar-refractivity contribution is -0.114. The zero-order valence-corrected chi connectivity index (χ0v) is 12.5. The highest BCUT2D eigenvalue weighted by Crippen LogP contribution is 2.20. The lowest BCUT2D eigenvalue weighted by Crippen LogP contribution is -2.07. The van der Waals surface area contributed by atoms with Crippen LogP contribution in [0.25, 0.3) is 0 Å². The first kappa shape index (κ1) is 14.5. The Morgan fingerprint density at radius 1 is 1.20 bits per heavy atom. The molecule has 0 aliphatic rings. The number of hydrogen-bond acceptors (Lipinski definition) is 2. The molecule has 0 radical (unpaired) electrons. The van der Waals surface area contributed by atoms with Crippen LogP contribution in [0.1, 0.15) is 12.5 Å². The quantitative estimate of drug-likeness (QED) is 0.880. The molecule has 0 aliphatic carbocycles. The molecule has 2 N–H and O–H groups in total. The van der Waals surface area contributed by atoms with Crippen molar-refractivity contribution in [1.82, 2.24) is 0 Å². The van der Waals surface area contributed by atoms with E-state index >= 15 is 0 Å². The minimum atomic E-state index is -0.351. The van der Waals surface area contributed by atoms with Crippen molar-refractivity contribution in [3.8, 4) is 0 Å². The molecule has 0 fully saturated rings. The van der Waals surface area contributed by atoms with Gasteiger partial charge in [-0.25, -0.2) is 4.39 Å². The molecule has 1 amide bonds. The van der Waals surface area contributed by atoms with Crippen LogP contribution >= 0.6 is 15.9 Å². The average molecular weight is 337 g/mol. The molecule has 2 aromatic carbocycles. The largest absolute Gasteiger partial charge is 0.379 e. The van der Waals surface area contributed by atoms with Crippen molar-refractivity contribution in [2.24, 2.45) is 0 Å². The van der Waals surface area contributed by atoms with Gasteiger partial charge in [-0.1, -0.05) is 28.1 Å². The number of rotatable bonds is 4. The van der Waals surface area contributed by atoms with E-state index in [1.165, 1.54) is 19.1 Å². The first-order valence-corrected chi connectivity index (χ1v) is 6.89. The lowest BCUT2D eigenvalue weighted by atomic mass is 10.2. The van der Waals surface area contributed by atoms with Gasteiger partial charge in [0.2, 0.25) is 5.91 Å². The van der Waals surface area contributed by atoms with Crippen molar-refractivity contribution in [2.75, 3.05) is 10.6 Å². The summed E-state index contributed by atoms with van der Waals surface area (Å²) in [6.07, 6.45) is 0. The molecule has 0 aromatic heterocycles. The van der Waals surface area contributed by atoms with E-state index in [-0.39, 0.29) is 11.7 Å². The maximum Gasteiger partial charge on any atom is 0.221 e. The second kappa shape index (κ2) is 6.52. The van der Waals surface area contributed by atoms with Crippen molar-refractivity contribution < 1.29 is 9.18 Å². The highest BCUT2D eigenvalue weighted by molar-refractivity contribution is 9.10. The summed E-state index contributed by atoms with van der Waals surface area (Å²) in [5, 5.41) is 5.65. The maximum absolute atomic E-state index is 13.7. The van der Waals surface area contributed by atoms with Gasteiger partial charge >= 0.3 is 0 Å². The summed E-state index contributed by atoms with van der Waals surface area (Å²) >= 11 is 3.36. The third kappa shape index (κ3) is 4.06. The molecule has 3 nitrogen and oxygen atoms in total. The van der Waals surface area contributed by atoms with Crippen LogP contribution in [0.5, 0.6) is 0 Å². The smallest absolute Gasteiger partial charge is 0.221 e. The topological polar surface area (TPSA) is 41.1 Å². The molecule has 0 aliphatic heterocycles. The Kier molecular flexibility index (Phi) is 4.74. The molecule has 0 heterocycles. The van der Waals surface area contributed by atoms with E-state index in [4.69, 9.17) is 0 Å². The third-order valence-electron chi connectivity index (χ3n) is 2.68. The van der Waals surface area contributed by atoms with E-state index < -0.39 is 0 Å². The summed E-state index contributed by atoms with van der Waals surface area (Å²) < 4.78 is 14.7. The molecule has 5 heteroatoms. The second-order valence-electron chi connectivity index (χ2n) is 4.36. The van der Waals surface area contributed by atoms with Crippen LogP contribution < -0.4 is 10.6 Å². The van der Waals surface area contributed by atoms with Crippen molar-refractivity contribution in [3.05, 3.63) is 58.3 Å². The maximum atomic E-state index is 13.7. The van der Waals surface area contributed by atoms with Crippen LogP contribution in [-0.2, 0) is 11.3 Å². The van der Waals surface area contributed by atoms with Crippen LogP contribution in [-0.4, -0.2) is 5.91 Å². The molecular formula is C15H14BrFN2O. The molecule has 0 unspecified atom stereocenters. The summed E-state index contributed by atoms with van der Waals surface area (Å²) in [4.78, 5) is 11.0. The van der Waals surface area contributed by atoms with Crippen LogP contribution in [0.4, 0.5) is 15.8 Å². The van der Waals surface area contributed by atoms with E-state index in [1.54, 1.807) is 6.07 Å². The van der Waals surface area contributed by atoms with Crippen LogP contribution in [0, 0.1) is 5.82 Å². The van der Waals surface area contributed by atoms with E-state index in [0.29, 0.717) is 17.9 Å². The van der Waals surface area contributed by atoms with Gasteiger partial charge in [0.05, 0.1) is 5.69 Å². The highest BCUT2D eigenvalue weighted by atomic mass is 79.9. The van der Waals surface area contributed by atoms with Gasteiger partial charge in [0.15, 0.2) is 0 Å². The molecule has 0 saturated carbocycles. The highest BCUT2D eigenvalue weighted by Gasteiger charge is 2.04. The number of anilines is 2. The van der Waals surface area contributed by atoms with E-state index in [0.717, 1.165) is 10.0 Å². The standard InChI is InChI=1S/C15H14BrFN2O/c1-10(20)19-13-6-7-14(17)15(8-13)18-9-11-2-4-12(16)5-3-11/h2-8,18H,9H2,1H3,(H,19,20). The van der Waals surface area contributed by atoms with Crippen molar-refractivity contribution in [2.45, 2.75) is 13.5 Å². The zero-order valence-electron chi connectivity index (χ0n) is 10.9. The Bertz CT molecular complexity index is 614. The first-order chi connectivity index (χ1) is 9.54. The summed E-state index contributed by atoms with van der Waals surface area (Å²) in [5.74, 6) is -0.535. The lowest BCUT2D eigenvalue weighted by Gasteiger charge is -2.10. The van der Waals surface area contributed by atoms with Gasteiger partial charge in [0, 0.05) is 23.6 Å². The number of hydrogen-bond donors (Lipinski definition) is 2. The van der Waals surface area contributed by atoms with Crippen molar-refractivity contribution in [3.63, 3.8) is 0 Å². The monoisotopic (exact) mass is 336 g/mol. The van der Waals surface area contributed by atoms with Crippen LogP contribution in [0.2, 0.25) is 0 Å². The molecule has 2 aromatic rings. The number of nitrogens with one attached hydrogen (secondary N) is 2. The molecule has 0 bridgehead atoms. The predicted molar refractivity (Wildman–Crippen MR) is 82.2 cm³/mol. The fourth-order valence-electron chi connectivity index (χ4n) is 1.74. The average Bonchev–Trinajstić information content (AvgIpc) is 2.40.